The molecule has 0 radical (unpaired) electrons. The van der Waals surface area contributed by atoms with Crippen LogP contribution >= 0.6 is 10.8 Å². The van der Waals surface area contributed by atoms with Gasteiger partial charge in [-0.05, 0) is 22.4 Å². The van der Waals surface area contributed by atoms with Gasteiger partial charge in [-0.3, -0.25) is 0 Å². The van der Waals surface area contributed by atoms with Gasteiger partial charge in [0.2, 0.25) is 8.87 Å². The quantitative estimate of drug-likeness (QED) is 0.577. The molecule has 1 aromatic carbocycles. The molecule has 0 atom stereocenters. The van der Waals surface area contributed by atoms with Crippen LogP contribution in [0.1, 0.15) is 5.56 Å². The third-order valence-corrected chi connectivity index (χ3v) is 5.11. The fourth-order valence-electron chi connectivity index (χ4n) is 1.07. The fraction of sp³-hybridized carbons (Fsp3) is 0.143. The maximum absolute atomic E-state index is 11.2. The molecule has 0 bridgehead atoms. The second kappa shape index (κ2) is 2.25. The lowest BCUT2D eigenvalue weighted by molar-refractivity contribution is 0.611. The summed E-state index contributed by atoms with van der Waals surface area (Å²) in [5.74, 6) is 0.596. The van der Waals surface area contributed by atoms with Gasteiger partial charge in [-0.2, -0.15) is 0 Å². The van der Waals surface area contributed by atoms with E-state index in [0.29, 0.717) is 10.6 Å². The summed E-state index contributed by atoms with van der Waals surface area (Å²) in [7, 11) is -1.99. The van der Waals surface area contributed by atoms with E-state index in [9.17, 15) is 8.42 Å². The maximum atomic E-state index is 11.2. The van der Waals surface area contributed by atoms with Crippen molar-refractivity contribution in [2.24, 2.45) is 0 Å². The van der Waals surface area contributed by atoms with Gasteiger partial charge < -0.3 is 0 Å². The normalized spacial score (nSPS) is 19.6. The van der Waals surface area contributed by atoms with E-state index in [-0.39, 0.29) is 0 Å². The van der Waals surface area contributed by atoms with Crippen LogP contribution in [0, 0.1) is 0 Å². The van der Waals surface area contributed by atoms with Gasteiger partial charge in [0.05, 0.1) is 4.90 Å². The molecule has 0 aliphatic carbocycles. The molecule has 1 heterocycles. The van der Waals surface area contributed by atoms with Crippen LogP contribution in [0.15, 0.2) is 29.2 Å². The zero-order chi connectivity index (χ0) is 7.90. The Labute approximate surface area is 68.9 Å². The molecule has 1 aliphatic rings. The molecule has 0 unspecified atom stereocenters. The molecule has 4 heteroatoms. The molecule has 2 nitrogen and oxygen atoms in total. The predicted octanol–water partition coefficient (Wildman–Crippen LogP) is 1.62. The van der Waals surface area contributed by atoms with E-state index >= 15 is 0 Å². The average molecular weight is 186 g/mol. The minimum Gasteiger partial charge on any atom is -0.212 e. The Kier molecular flexibility index (Phi) is 1.47. The van der Waals surface area contributed by atoms with Crippen LogP contribution in [-0.4, -0.2) is 8.42 Å². The van der Waals surface area contributed by atoms with Crippen molar-refractivity contribution in [3.8, 4) is 0 Å². The first-order valence-corrected chi connectivity index (χ1v) is 6.16. The van der Waals surface area contributed by atoms with Crippen molar-refractivity contribution in [3.05, 3.63) is 29.8 Å². The van der Waals surface area contributed by atoms with Gasteiger partial charge in [-0.15, -0.1) is 0 Å². The highest BCUT2D eigenvalue weighted by Gasteiger charge is 2.25. The first kappa shape index (κ1) is 7.18. The summed E-state index contributed by atoms with van der Waals surface area (Å²) in [6.07, 6.45) is 0. The molecule has 0 N–H and O–H groups in total. The van der Waals surface area contributed by atoms with E-state index in [4.69, 9.17) is 0 Å². The number of hydrogen-bond donors (Lipinski definition) is 0. The summed E-state index contributed by atoms with van der Waals surface area (Å²) < 4.78 is 22.4. The summed E-state index contributed by atoms with van der Waals surface area (Å²) in [6, 6.07) is 7.13. The highest BCUT2D eigenvalue weighted by Crippen LogP contribution is 2.37. The minimum absolute atomic E-state index is 0.491. The lowest BCUT2D eigenvalue weighted by Crippen LogP contribution is -1.88. The van der Waals surface area contributed by atoms with E-state index in [1.165, 1.54) is 0 Å². The van der Waals surface area contributed by atoms with Crippen molar-refractivity contribution >= 4 is 19.7 Å². The Morgan fingerprint density at radius 2 is 2.00 bits per heavy atom. The molecule has 0 spiro atoms. The average Bonchev–Trinajstić information content (AvgIpc) is 2.29. The summed E-state index contributed by atoms with van der Waals surface area (Å²) >= 11 is 0. The van der Waals surface area contributed by atoms with Crippen LogP contribution in [0.25, 0.3) is 0 Å². The summed E-state index contributed by atoms with van der Waals surface area (Å²) in [4.78, 5) is 0.491. The second-order valence-electron chi connectivity index (χ2n) is 2.32. The smallest absolute Gasteiger partial charge is 0.212 e. The molecule has 0 amide bonds. The Morgan fingerprint density at radius 3 is 2.73 bits per heavy atom. The molecular weight excluding hydrogens is 180 g/mol. The molecule has 1 aromatic rings. The lowest BCUT2D eigenvalue weighted by atomic mass is 10.2. The maximum Gasteiger partial charge on any atom is 0.230 e. The molecule has 0 aromatic heterocycles. The lowest BCUT2D eigenvalue weighted by Gasteiger charge is -1.92. The minimum atomic E-state index is -2.99. The number of benzene rings is 1. The standard InChI is InChI=1S/C7H6O2S2/c8-11(9)7-4-2-1-3-6(7)5-10-11/h1-4H,5H2. The van der Waals surface area contributed by atoms with Crippen LogP contribution in [-0.2, 0) is 14.6 Å². The van der Waals surface area contributed by atoms with E-state index in [1.807, 2.05) is 12.1 Å². The predicted molar refractivity (Wildman–Crippen MR) is 44.9 cm³/mol. The van der Waals surface area contributed by atoms with Crippen LogP contribution in [0.3, 0.4) is 0 Å². The molecule has 58 valence electrons. The van der Waals surface area contributed by atoms with Crippen LogP contribution in [0.4, 0.5) is 0 Å². The van der Waals surface area contributed by atoms with Crippen molar-refractivity contribution in [1.29, 1.82) is 0 Å². The second-order valence-corrected chi connectivity index (χ2v) is 6.22. The first-order valence-electron chi connectivity index (χ1n) is 3.17. The zero-order valence-corrected chi connectivity index (χ0v) is 7.28. The summed E-state index contributed by atoms with van der Waals surface area (Å²) in [5, 5.41) is 0. The number of hydrogen-bond acceptors (Lipinski definition) is 3. The van der Waals surface area contributed by atoms with Crippen molar-refractivity contribution < 1.29 is 8.42 Å². The highest BCUT2D eigenvalue weighted by atomic mass is 33.1. The van der Waals surface area contributed by atoms with Gasteiger partial charge in [-0.1, -0.05) is 18.2 Å². The molecule has 11 heavy (non-hydrogen) atoms. The van der Waals surface area contributed by atoms with Gasteiger partial charge in [0.15, 0.2) is 0 Å². The van der Waals surface area contributed by atoms with Crippen molar-refractivity contribution in [1.82, 2.24) is 0 Å². The molecular formula is C7H6O2S2. The third kappa shape index (κ3) is 1.06. The van der Waals surface area contributed by atoms with Crippen LogP contribution in [0.5, 0.6) is 0 Å². The van der Waals surface area contributed by atoms with Crippen molar-refractivity contribution in [2.75, 3.05) is 0 Å². The summed E-state index contributed by atoms with van der Waals surface area (Å²) in [6.45, 7) is 0. The van der Waals surface area contributed by atoms with Gasteiger partial charge in [-0.25, -0.2) is 8.42 Å². The first-order chi connectivity index (χ1) is 5.20. The largest absolute Gasteiger partial charge is 0.230 e. The van der Waals surface area contributed by atoms with Gasteiger partial charge in [0.25, 0.3) is 0 Å². The molecule has 2 rings (SSSR count). The molecule has 0 saturated carbocycles. The van der Waals surface area contributed by atoms with E-state index in [2.05, 4.69) is 0 Å². The van der Waals surface area contributed by atoms with E-state index < -0.39 is 8.87 Å². The number of rotatable bonds is 0. The Balaban J connectivity index is 2.75. The van der Waals surface area contributed by atoms with Crippen molar-refractivity contribution in [3.63, 3.8) is 0 Å². The number of fused-ring (bicyclic) bond motifs is 1. The monoisotopic (exact) mass is 186 g/mol. The Bertz CT molecular complexity index is 381. The van der Waals surface area contributed by atoms with Crippen LogP contribution < -0.4 is 0 Å². The molecule has 1 aliphatic heterocycles. The molecule has 0 saturated heterocycles. The topological polar surface area (TPSA) is 34.1 Å². The van der Waals surface area contributed by atoms with E-state index in [1.54, 1.807) is 12.1 Å². The zero-order valence-electron chi connectivity index (χ0n) is 5.65. The van der Waals surface area contributed by atoms with E-state index in [0.717, 1.165) is 16.4 Å². The Morgan fingerprint density at radius 1 is 1.27 bits per heavy atom. The summed E-state index contributed by atoms with van der Waals surface area (Å²) in [5.41, 5.74) is 0.928. The molecule has 0 fully saturated rings. The SMILES string of the molecule is O=S1(=O)SCc2ccccc21. The highest BCUT2D eigenvalue weighted by molar-refractivity contribution is 8.72. The fourth-order valence-corrected chi connectivity index (χ4v) is 4.25. The third-order valence-electron chi connectivity index (χ3n) is 1.61. The van der Waals surface area contributed by atoms with Gasteiger partial charge in [0, 0.05) is 5.75 Å². The van der Waals surface area contributed by atoms with Gasteiger partial charge in [0.1, 0.15) is 0 Å². The van der Waals surface area contributed by atoms with Crippen molar-refractivity contribution in [2.45, 2.75) is 10.6 Å². The Hall–Kier alpha value is -0.480. The van der Waals surface area contributed by atoms with Crippen LogP contribution in [0.2, 0.25) is 0 Å². The van der Waals surface area contributed by atoms with Gasteiger partial charge >= 0.3 is 0 Å².